The zero-order valence-corrected chi connectivity index (χ0v) is 18.1. The van der Waals surface area contributed by atoms with Crippen LogP contribution in [0.2, 0.25) is 5.15 Å². The number of halogens is 1. The smallest absolute Gasteiger partial charge is 0.277 e. The molecule has 0 spiro atoms. The van der Waals surface area contributed by atoms with Gasteiger partial charge < -0.3 is 4.74 Å². The van der Waals surface area contributed by atoms with Crippen LogP contribution in [-0.4, -0.2) is 28.5 Å². The third-order valence-corrected chi connectivity index (χ3v) is 5.23. The van der Waals surface area contributed by atoms with Gasteiger partial charge in [-0.25, -0.2) is 10.1 Å². The molecule has 0 aliphatic carbocycles. The van der Waals surface area contributed by atoms with E-state index in [0.717, 1.165) is 12.1 Å². The molecule has 0 saturated heterocycles. The van der Waals surface area contributed by atoms with E-state index in [1.54, 1.807) is 4.68 Å². The van der Waals surface area contributed by atoms with Gasteiger partial charge in [-0.1, -0.05) is 55.8 Å². The maximum Gasteiger partial charge on any atom is 0.277 e. The summed E-state index contributed by atoms with van der Waals surface area (Å²) in [5, 5.41) is 8.85. The average molecular weight is 425 g/mol. The largest absolute Gasteiger partial charge is 0.484 e. The Morgan fingerprint density at radius 1 is 1.23 bits per heavy atom. The number of carbonyl (C=O) groups is 1. The van der Waals surface area contributed by atoms with Gasteiger partial charge >= 0.3 is 0 Å². The first-order chi connectivity index (χ1) is 14.5. The van der Waals surface area contributed by atoms with Crippen molar-refractivity contribution in [1.82, 2.24) is 15.2 Å². The molecule has 3 aromatic rings. The first-order valence-electron chi connectivity index (χ1n) is 9.84. The van der Waals surface area contributed by atoms with Crippen molar-refractivity contribution < 1.29 is 9.53 Å². The van der Waals surface area contributed by atoms with Crippen molar-refractivity contribution in [1.29, 1.82) is 0 Å². The van der Waals surface area contributed by atoms with Crippen LogP contribution in [0.1, 0.15) is 43.0 Å². The van der Waals surface area contributed by atoms with E-state index in [-0.39, 0.29) is 12.5 Å². The molecule has 3 rings (SSSR count). The van der Waals surface area contributed by atoms with E-state index in [2.05, 4.69) is 29.5 Å². The minimum Gasteiger partial charge on any atom is -0.484 e. The van der Waals surface area contributed by atoms with Gasteiger partial charge in [-0.15, -0.1) is 0 Å². The lowest BCUT2D eigenvalue weighted by Crippen LogP contribution is -2.24. The lowest BCUT2D eigenvalue weighted by atomic mass is 9.99. The molecule has 156 valence electrons. The normalized spacial score (nSPS) is 12.1. The van der Waals surface area contributed by atoms with Crippen LogP contribution in [-0.2, 0) is 4.79 Å². The van der Waals surface area contributed by atoms with Crippen LogP contribution in [0, 0.1) is 6.92 Å². The number of hydrazone groups is 1. The van der Waals surface area contributed by atoms with Gasteiger partial charge in [0.25, 0.3) is 5.91 Å². The molecule has 1 unspecified atom stereocenters. The summed E-state index contributed by atoms with van der Waals surface area (Å²) in [6.45, 7) is 6.04. The maximum absolute atomic E-state index is 12.0. The van der Waals surface area contributed by atoms with Gasteiger partial charge in [0, 0.05) is 0 Å². The fraction of sp³-hybridized carbons (Fsp3) is 0.261. The molecule has 2 aromatic carbocycles. The Hall–Kier alpha value is -3.12. The zero-order chi connectivity index (χ0) is 21.5. The molecular formula is C23H25ClN4O2. The predicted octanol–water partition coefficient (Wildman–Crippen LogP) is 4.88. The molecule has 1 atom stereocenters. The predicted molar refractivity (Wildman–Crippen MR) is 120 cm³/mol. The van der Waals surface area contributed by atoms with Crippen molar-refractivity contribution in [2.24, 2.45) is 5.10 Å². The highest BCUT2D eigenvalue weighted by Crippen LogP contribution is 2.22. The van der Waals surface area contributed by atoms with E-state index < -0.39 is 0 Å². The molecule has 0 aliphatic heterocycles. The first-order valence-corrected chi connectivity index (χ1v) is 10.2. The third kappa shape index (κ3) is 5.27. The summed E-state index contributed by atoms with van der Waals surface area (Å²) in [6.07, 6.45) is 2.57. The molecule has 0 radical (unpaired) electrons. The second-order valence-corrected chi connectivity index (χ2v) is 7.36. The number of ether oxygens (including phenoxy) is 1. The number of amides is 1. The molecule has 1 N–H and O–H groups in total. The van der Waals surface area contributed by atoms with Crippen molar-refractivity contribution in [2.45, 2.75) is 33.1 Å². The van der Waals surface area contributed by atoms with Crippen LogP contribution in [0.25, 0.3) is 5.69 Å². The number of nitrogens with one attached hydrogen (secondary N) is 1. The number of aromatic nitrogens is 2. The second kappa shape index (κ2) is 10.1. The minimum absolute atomic E-state index is 0.129. The standard InChI is InChI=1S/C23H25ClN4O2/c1-4-16(2)18-10-12-20(13-11-18)30-15-22(29)26-25-14-21-17(3)27-28(23(21)24)19-8-6-5-7-9-19/h5-14,16H,4,15H2,1-3H3,(H,26,29). The van der Waals surface area contributed by atoms with E-state index in [9.17, 15) is 4.79 Å². The van der Waals surface area contributed by atoms with Gasteiger partial charge in [0.05, 0.1) is 23.2 Å². The SMILES string of the molecule is CCC(C)c1ccc(OCC(=O)NN=Cc2c(C)nn(-c3ccccc3)c2Cl)cc1. The first kappa shape index (κ1) is 21.6. The Balaban J connectivity index is 1.55. The van der Waals surface area contributed by atoms with Crippen LogP contribution < -0.4 is 10.2 Å². The van der Waals surface area contributed by atoms with Crippen molar-refractivity contribution >= 4 is 23.7 Å². The van der Waals surface area contributed by atoms with E-state index in [1.165, 1.54) is 11.8 Å². The highest BCUT2D eigenvalue weighted by molar-refractivity contribution is 6.32. The Morgan fingerprint density at radius 3 is 2.60 bits per heavy atom. The summed E-state index contributed by atoms with van der Waals surface area (Å²) in [7, 11) is 0. The Bertz CT molecular complexity index is 1010. The second-order valence-electron chi connectivity index (χ2n) is 7.00. The minimum atomic E-state index is -0.360. The summed E-state index contributed by atoms with van der Waals surface area (Å²) < 4.78 is 7.15. The maximum atomic E-state index is 12.0. The number of carbonyl (C=O) groups excluding carboxylic acids is 1. The van der Waals surface area contributed by atoms with Crippen LogP contribution >= 0.6 is 11.6 Å². The van der Waals surface area contributed by atoms with Gasteiger partial charge in [-0.05, 0) is 49.1 Å². The van der Waals surface area contributed by atoms with E-state index in [1.807, 2.05) is 61.5 Å². The van der Waals surface area contributed by atoms with Crippen molar-refractivity contribution in [3.63, 3.8) is 0 Å². The molecule has 6 nitrogen and oxygen atoms in total. The lowest BCUT2D eigenvalue weighted by molar-refractivity contribution is -0.123. The molecule has 0 fully saturated rings. The number of nitrogens with zero attached hydrogens (tertiary/aromatic N) is 3. The molecule has 1 amide bonds. The van der Waals surface area contributed by atoms with Gasteiger partial charge in [0.15, 0.2) is 6.61 Å². The molecule has 30 heavy (non-hydrogen) atoms. The summed E-state index contributed by atoms with van der Waals surface area (Å²) in [6, 6.07) is 17.4. The number of hydrogen-bond acceptors (Lipinski definition) is 4. The fourth-order valence-electron chi connectivity index (χ4n) is 2.88. The van der Waals surface area contributed by atoms with Gasteiger partial charge in [0.1, 0.15) is 10.9 Å². The van der Waals surface area contributed by atoms with Gasteiger partial charge in [-0.2, -0.15) is 10.2 Å². The third-order valence-electron chi connectivity index (χ3n) is 4.86. The lowest BCUT2D eigenvalue weighted by Gasteiger charge is -2.10. The Kier molecular flexibility index (Phi) is 7.25. The van der Waals surface area contributed by atoms with Crippen LogP contribution in [0.4, 0.5) is 0 Å². The summed E-state index contributed by atoms with van der Waals surface area (Å²) in [5.74, 6) is 0.781. The topological polar surface area (TPSA) is 68.5 Å². The highest BCUT2D eigenvalue weighted by Gasteiger charge is 2.13. The van der Waals surface area contributed by atoms with Gasteiger partial charge in [0.2, 0.25) is 0 Å². The highest BCUT2D eigenvalue weighted by atomic mass is 35.5. The molecule has 1 heterocycles. The molecule has 0 aliphatic rings. The molecular weight excluding hydrogens is 400 g/mol. The number of para-hydroxylation sites is 1. The van der Waals surface area contributed by atoms with Crippen molar-refractivity contribution in [3.8, 4) is 11.4 Å². The Morgan fingerprint density at radius 2 is 1.93 bits per heavy atom. The summed E-state index contributed by atoms with van der Waals surface area (Å²) >= 11 is 6.44. The van der Waals surface area contributed by atoms with Crippen molar-refractivity contribution in [2.75, 3.05) is 6.61 Å². The van der Waals surface area contributed by atoms with Gasteiger partial charge in [-0.3, -0.25) is 4.79 Å². The zero-order valence-electron chi connectivity index (χ0n) is 17.3. The summed E-state index contributed by atoms with van der Waals surface area (Å²) in [5.41, 5.74) is 5.90. The number of benzene rings is 2. The fourth-order valence-corrected chi connectivity index (χ4v) is 3.20. The van der Waals surface area contributed by atoms with E-state index >= 15 is 0 Å². The molecule has 0 bridgehead atoms. The van der Waals surface area contributed by atoms with Crippen LogP contribution in [0.5, 0.6) is 5.75 Å². The number of aryl methyl sites for hydroxylation is 1. The van der Waals surface area contributed by atoms with Crippen molar-refractivity contribution in [3.05, 3.63) is 76.6 Å². The summed E-state index contributed by atoms with van der Waals surface area (Å²) in [4.78, 5) is 12.0. The molecule has 0 saturated carbocycles. The molecule has 7 heteroatoms. The van der Waals surface area contributed by atoms with Crippen LogP contribution in [0.15, 0.2) is 59.7 Å². The number of rotatable bonds is 8. The van der Waals surface area contributed by atoms with E-state index in [0.29, 0.717) is 28.1 Å². The number of hydrogen-bond donors (Lipinski definition) is 1. The monoisotopic (exact) mass is 424 g/mol. The molecule has 1 aromatic heterocycles. The van der Waals surface area contributed by atoms with E-state index in [4.69, 9.17) is 16.3 Å². The van der Waals surface area contributed by atoms with Crippen LogP contribution in [0.3, 0.4) is 0 Å². The Labute approximate surface area is 181 Å². The average Bonchev–Trinajstić information content (AvgIpc) is 3.06. The quantitative estimate of drug-likeness (QED) is 0.414.